The quantitative estimate of drug-likeness (QED) is 0.138. The Bertz CT molecular complexity index is 1640. The van der Waals surface area contributed by atoms with Gasteiger partial charge in [0.1, 0.15) is 11.8 Å². The molecule has 1 fully saturated rings. The number of nitrogens with zero attached hydrogens (tertiary/aromatic N) is 1. The highest BCUT2D eigenvalue weighted by Crippen LogP contribution is 2.24. The van der Waals surface area contributed by atoms with Crippen LogP contribution in [0.15, 0.2) is 71.8 Å². The van der Waals surface area contributed by atoms with E-state index in [0.717, 1.165) is 29.3 Å². The summed E-state index contributed by atoms with van der Waals surface area (Å²) in [6.45, 7) is 1.64. The van der Waals surface area contributed by atoms with Crippen molar-refractivity contribution in [2.24, 2.45) is 11.7 Å². The highest BCUT2D eigenvalue weighted by Gasteiger charge is 2.28. The summed E-state index contributed by atoms with van der Waals surface area (Å²) in [6.07, 6.45) is 3.70. The summed E-state index contributed by atoms with van der Waals surface area (Å²) in [4.78, 5) is 18.5. The molecule has 0 saturated carbocycles. The molecule has 2 atom stereocenters. The maximum atomic E-state index is 13.5. The number of carbonyl (C=O) groups excluding carboxylic acids is 1. The SMILES string of the molecule is Cl.N=C(N)N1CCCC(CNC(=O)C(Cc2c[nH]c3ccccc23)NS(=O)(=O)c2ccc3cc(O)ccc3c2)C1. The first-order valence-corrected chi connectivity index (χ1v) is 14.3. The number of piperidine rings is 1. The molecule has 0 radical (unpaired) electrons. The maximum absolute atomic E-state index is 13.5. The van der Waals surface area contributed by atoms with Gasteiger partial charge in [0.05, 0.1) is 4.90 Å². The highest BCUT2D eigenvalue weighted by molar-refractivity contribution is 7.89. The average molecular weight is 585 g/mol. The molecule has 7 N–H and O–H groups in total. The van der Waals surface area contributed by atoms with Crippen molar-refractivity contribution < 1.29 is 18.3 Å². The van der Waals surface area contributed by atoms with Gasteiger partial charge in [-0.25, -0.2) is 8.42 Å². The molecule has 0 aliphatic carbocycles. The maximum Gasteiger partial charge on any atom is 0.241 e. The lowest BCUT2D eigenvalue weighted by molar-refractivity contribution is -0.122. The molecule has 4 aromatic rings. The minimum atomic E-state index is -4.06. The molecule has 1 amide bonds. The number of hydrogen-bond donors (Lipinski definition) is 6. The largest absolute Gasteiger partial charge is 0.508 e. The van der Waals surface area contributed by atoms with Crippen molar-refractivity contribution in [3.8, 4) is 5.75 Å². The van der Waals surface area contributed by atoms with E-state index in [9.17, 15) is 18.3 Å². The van der Waals surface area contributed by atoms with Crippen LogP contribution in [0.1, 0.15) is 18.4 Å². The lowest BCUT2D eigenvalue weighted by atomic mass is 9.98. The van der Waals surface area contributed by atoms with Crippen molar-refractivity contribution in [2.45, 2.75) is 30.2 Å². The van der Waals surface area contributed by atoms with E-state index in [1.807, 2.05) is 24.3 Å². The summed E-state index contributed by atoms with van der Waals surface area (Å²) in [5, 5.41) is 22.6. The van der Waals surface area contributed by atoms with Crippen molar-refractivity contribution in [1.29, 1.82) is 5.41 Å². The number of guanidine groups is 1. The van der Waals surface area contributed by atoms with Crippen molar-refractivity contribution in [3.63, 3.8) is 0 Å². The van der Waals surface area contributed by atoms with E-state index in [1.165, 1.54) is 18.2 Å². The Morgan fingerprint density at radius 3 is 2.70 bits per heavy atom. The number of sulfonamides is 1. The predicted octanol–water partition coefficient (Wildman–Crippen LogP) is 3.06. The van der Waals surface area contributed by atoms with Crippen LogP contribution < -0.4 is 15.8 Å². The van der Waals surface area contributed by atoms with Gasteiger partial charge in [0.15, 0.2) is 5.96 Å². The lowest BCUT2D eigenvalue weighted by Gasteiger charge is -2.33. The number of aromatic nitrogens is 1. The fourth-order valence-corrected chi connectivity index (χ4v) is 6.39. The van der Waals surface area contributed by atoms with Gasteiger partial charge < -0.3 is 26.0 Å². The van der Waals surface area contributed by atoms with Crippen molar-refractivity contribution in [1.82, 2.24) is 19.9 Å². The number of likely N-dealkylation sites (tertiary alicyclic amines) is 1. The molecular weight excluding hydrogens is 552 g/mol. The number of H-pyrrole nitrogens is 1. The molecule has 3 aromatic carbocycles. The van der Waals surface area contributed by atoms with Crippen LogP contribution in [-0.4, -0.2) is 61.0 Å². The molecule has 40 heavy (non-hydrogen) atoms. The summed E-state index contributed by atoms with van der Waals surface area (Å²) in [5.41, 5.74) is 7.38. The number of fused-ring (bicyclic) bond motifs is 2. The molecule has 5 rings (SSSR count). The molecular formula is C28H33ClN6O4S. The fraction of sp³-hybridized carbons (Fsp3) is 0.286. The van der Waals surface area contributed by atoms with Crippen LogP contribution in [0.5, 0.6) is 5.75 Å². The number of amides is 1. The van der Waals surface area contributed by atoms with E-state index < -0.39 is 22.0 Å². The van der Waals surface area contributed by atoms with Crippen LogP contribution >= 0.6 is 12.4 Å². The van der Waals surface area contributed by atoms with E-state index in [2.05, 4.69) is 15.0 Å². The van der Waals surface area contributed by atoms with Gasteiger partial charge in [0, 0.05) is 36.7 Å². The third kappa shape index (κ3) is 6.49. The topological polar surface area (TPSA) is 164 Å². The molecule has 0 spiro atoms. The Balaban J connectivity index is 0.00000370. The van der Waals surface area contributed by atoms with Gasteiger partial charge in [-0.05, 0) is 71.8 Å². The Hall–Kier alpha value is -3.80. The second kappa shape index (κ2) is 12.2. The van der Waals surface area contributed by atoms with Gasteiger partial charge in [-0.3, -0.25) is 10.2 Å². The minimum Gasteiger partial charge on any atom is -0.508 e. The summed E-state index contributed by atoms with van der Waals surface area (Å²) >= 11 is 0. The zero-order valence-corrected chi connectivity index (χ0v) is 23.4. The van der Waals surface area contributed by atoms with Gasteiger partial charge in [-0.1, -0.05) is 30.3 Å². The summed E-state index contributed by atoms with van der Waals surface area (Å²) in [7, 11) is -4.06. The van der Waals surface area contributed by atoms with Crippen LogP contribution in [0, 0.1) is 11.3 Å². The van der Waals surface area contributed by atoms with E-state index in [-0.39, 0.29) is 41.4 Å². The first kappa shape index (κ1) is 29.2. The molecule has 212 valence electrons. The average Bonchev–Trinajstić information content (AvgIpc) is 3.33. The van der Waals surface area contributed by atoms with Crippen LogP contribution in [0.25, 0.3) is 21.7 Å². The number of nitrogens with one attached hydrogen (secondary N) is 4. The number of phenols is 1. The van der Waals surface area contributed by atoms with Crippen LogP contribution in [0.3, 0.4) is 0 Å². The van der Waals surface area contributed by atoms with Crippen molar-refractivity contribution in [2.75, 3.05) is 19.6 Å². The Morgan fingerprint density at radius 2 is 1.90 bits per heavy atom. The molecule has 1 aliphatic heterocycles. The van der Waals surface area contributed by atoms with E-state index in [0.29, 0.717) is 30.4 Å². The summed E-state index contributed by atoms with van der Waals surface area (Å²) in [5.74, 6) is -0.207. The first-order chi connectivity index (χ1) is 18.7. The van der Waals surface area contributed by atoms with Crippen LogP contribution in [0.2, 0.25) is 0 Å². The van der Waals surface area contributed by atoms with Crippen molar-refractivity contribution in [3.05, 3.63) is 72.4 Å². The number of aromatic amines is 1. The number of para-hydroxylation sites is 1. The third-order valence-corrected chi connectivity index (χ3v) is 8.71. The number of benzene rings is 3. The molecule has 0 bridgehead atoms. The molecule has 12 heteroatoms. The smallest absolute Gasteiger partial charge is 0.241 e. The van der Waals surface area contributed by atoms with Gasteiger partial charge >= 0.3 is 0 Å². The predicted molar refractivity (Wildman–Crippen MR) is 158 cm³/mol. The zero-order chi connectivity index (χ0) is 27.6. The lowest BCUT2D eigenvalue weighted by Crippen LogP contribution is -2.51. The molecule has 2 heterocycles. The number of halogens is 1. The summed E-state index contributed by atoms with van der Waals surface area (Å²) in [6, 6.07) is 15.9. The van der Waals surface area contributed by atoms with Crippen LogP contribution in [0.4, 0.5) is 0 Å². The Labute approximate surface area is 238 Å². The molecule has 1 aliphatic rings. The van der Waals surface area contributed by atoms with E-state index in [1.54, 1.807) is 29.3 Å². The van der Waals surface area contributed by atoms with E-state index >= 15 is 0 Å². The number of carbonyl (C=O) groups is 1. The zero-order valence-electron chi connectivity index (χ0n) is 21.8. The number of phenolic OH excluding ortho intramolecular Hbond substituents is 1. The molecule has 1 saturated heterocycles. The normalized spacial score (nSPS) is 16.4. The molecule has 1 aromatic heterocycles. The van der Waals surface area contributed by atoms with Gasteiger partial charge in [0.25, 0.3) is 0 Å². The molecule has 10 nitrogen and oxygen atoms in total. The Morgan fingerprint density at radius 1 is 1.15 bits per heavy atom. The number of hydrogen-bond acceptors (Lipinski definition) is 5. The van der Waals surface area contributed by atoms with Gasteiger partial charge in [0.2, 0.25) is 15.9 Å². The number of rotatable bonds is 8. The monoisotopic (exact) mass is 584 g/mol. The number of aromatic hydroxyl groups is 1. The van der Waals surface area contributed by atoms with E-state index in [4.69, 9.17) is 11.1 Å². The van der Waals surface area contributed by atoms with Crippen molar-refractivity contribution >= 4 is 56.0 Å². The second-order valence-electron chi connectivity index (χ2n) is 10.0. The number of nitrogens with two attached hydrogens (primary N) is 1. The highest BCUT2D eigenvalue weighted by atomic mass is 35.5. The van der Waals surface area contributed by atoms with Gasteiger partial charge in [-0.15, -0.1) is 12.4 Å². The minimum absolute atomic E-state index is 0. The standard InChI is InChI=1S/C28H32N6O4S.ClH/c29-28(30)34-11-3-4-18(17-34)15-32-27(36)26(14-21-16-31-25-6-2-1-5-24(21)25)33-39(37,38)23-10-8-19-12-22(35)9-7-20(19)13-23;/h1-2,5-10,12-13,16,18,26,31,33,35H,3-4,11,14-15,17H2,(H3,29,30)(H,32,36);1H. The Kier molecular flexibility index (Phi) is 8.87. The summed E-state index contributed by atoms with van der Waals surface area (Å²) < 4.78 is 29.6. The van der Waals surface area contributed by atoms with Crippen LogP contribution in [-0.2, 0) is 21.2 Å². The fourth-order valence-electron chi connectivity index (χ4n) is 5.16. The first-order valence-electron chi connectivity index (χ1n) is 12.9. The third-order valence-electron chi connectivity index (χ3n) is 7.24. The molecule has 2 unspecified atom stereocenters. The van der Waals surface area contributed by atoms with Gasteiger partial charge in [-0.2, -0.15) is 4.72 Å². The second-order valence-corrected chi connectivity index (χ2v) is 11.7.